The van der Waals surface area contributed by atoms with Gasteiger partial charge in [0.05, 0.1) is 11.7 Å². The lowest BCUT2D eigenvalue weighted by molar-refractivity contribution is -0.146. The number of nitrogens with zero attached hydrogens (tertiary/aromatic N) is 1. The molecule has 1 fully saturated rings. The van der Waals surface area contributed by atoms with E-state index >= 15 is 0 Å². The second-order valence-electron chi connectivity index (χ2n) is 3.80. The quantitative estimate of drug-likeness (QED) is 0.649. The Morgan fingerprint density at radius 2 is 2.00 bits per heavy atom. The zero-order valence-corrected chi connectivity index (χ0v) is 9.66. The maximum atomic E-state index is 11.3. The normalized spacial score (nSPS) is 16.7. The van der Waals surface area contributed by atoms with Crippen molar-refractivity contribution in [3.8, 4) is 0 Å². The van der Waals surface area contributed by atoms with Gasteiger partial charge < -0.3 is 15.3 Å². The molecule has 16 heavy (non-hydrogen) atoms. The predicted molar refractivity (Wildman–Crippen MR) is 55.8 cm³/mol. The van der Waals surface area contributed by atoms with Gasteiger partial charge in [0.2, 0.25) is 0 Å². The molecule has 1 aliphatic rings. The minimum absolute atomic E-state index is 0.0475. The first-order valence-corrected chi connectivity index (χ1v) is 6.79. The molecule has 1 heterocycles. The van der Waals surface area contributed by atoms with Gasteiger partial charge in [-0.05, 0) is 0 Å². The summed E-state index contributed by atoms with van der Waals surface area (Å²) in [7, 11) is -3.09. The zero-order chi connectivity index (χ0) is 12.3. The lowest BCUT2D eigenvalue weighted by Gasteiger charge is -2.36. The topological polar surface area (TPSA) is 104 Å². The summed E-state index contributed by atoms with van der Waals surface area (Å²) in [5.74, 6) is -1.53. The third-order valence-electron chi connectivity index (χ3n) is 2.27. The number of amides is 2. The highest BCUT2D eigenvalue weighted by molar-refractivity contribution is 7.90. The van der Waals surface area contributed by atoms with Crippen LogP contribution in [0.4, 0.5) is 4.79 Å². The number of carboxylic acids is 1. The maximum absolute atomic E-state index is 11.3. The molecule has 0 aromatic heterocycles. The van der Waals surface area contributed by atoms with Crippen molar-refractivity contribution < 1.29 is 23.1 Å². The van der Waals surface area contributed by atoms with E-state index in [-0.39, 0.29) is 25.4 Å². The van der Waals surface area contributed by atoms with Gasteiger partial charge in [0, 0.05) is 25.9 Å². The minimum atomic E-state index is -3.09. The molecule has 2 N–H and O–H groups in total. The fourth-order valence-corrected chi connectivity index (χ4v) is 1.73. The number of hydrogen-bond donors (Lipinski definition) is 2. The monoisotopic (exact) mass is 250 g/mol. The Hall–Kier alpha value is -1.31. The molecule has 0 saturated carbocycles. The third kappa shape index (κ3) is 3.69. The molecule has 1 rings (SSSR count). The molecule has 0 unspecified atom stereocenters. The van der Waals surface area contributed by atoms with Crippen molar-refractivity contribution in [1.29, 1.82) is 0 Å². The van der Waals surface area contributed by atoms with Crippen LogP contribution in [0.1, 0.15) is 0 Å². The van der Waals surface area contributed by atoms with Gasteiger partial charge in [-0.15, -0.1) is 0 Å². The Kier molecular flexibility index (Phi) is 3.74. The maximum Gasteiger partial charge on any atom is 0.317 e. The first-order valence-electron chi connectivity index (χ1n) is 4.73. The summed E-state index contributed by atoms with van der Waals surface area (Å²) in [6.07, 6.45) is 1.09. The molecule has 0 aromatic rings. The lowest BCUT2D eigenvalue weighted by atomic mass is 10.0. The molecule has 1 saturated heterocycles. The predicted octanol–water partition coefficient (Wildman–Crippen LogP) is -1.24. The number of carbonyl (C=O) groups is 2. The molecule has 1 aliphatic heterocycles. The van der Waals surface area contributed by atoms with Gasteiger partial charge in [-0.1, -0.05) is 0 Å². The van der Waals surface area contributed by atoms with Crippen molar-refractivity contribution in [2.75, 3.05) is 31.6 Å². The molecule has 0 atom stereocenters. The first-order chi connectivity index (χ1) is 7.29. The summed E-state index contributed by atoms with van der Waals surface area (Å²) < 4.78 is 21.5. The molecule has 0 aromatic carbocycles. The number of sulfone groups is 1. The number of carboxylic acid groups (broad SMARTS) is 1. The molecule has 0 bridgehead atoms. The molecule has 2 amide bonds. The Morgan fingerprint density at radius 1 is 1.44 bits per heavy atom. The van der Waals surface area contributed by atoms with Gasteiger partial charge in [-0.3, -0.25) is 4.79 Å². The molecular weight excluding hydrogens is 236 g/mol. The van der Waals surface area contributed by atoms with Crippen LogP contribution in [0.2, 0.25) is 0 Å². The highest BCUT2D eigenvalue weighted by Gasteiger charge is 2.35. The van der Waals surface area contributed by atoms with Crippen LogP contribution in [0, 0.1) is 5.92 Å². The summed E-state index contributed by atoms with van der Waals surface area (Å²) in [4.78, 5) is 23.1. The van der Waals surface area contributed by atoms with E-state index in [4.69, 9.17) is 5.11 Å². The number of nitrogens with one attached hydrogen (secondary N) is 1. The zero-order valence-electron chi connectivity index (χ0n) is 8.84. The van der Waals surface area contributed by atoms with Crippen LogP contribution in [-0.4, -0.2) is 62.1 Å². The average molecular weight is 250 g/mol. The van der Waals surface area contributed by atoms with E-state index in [1.165, 1.54) is 4.90 Å². The summed E-state index contributed by atoms with van der Waals surface area (Å²) in [6, 6.07) is -0.416. The standard InChI is InChI=1S/C8H14N2O5S/c1-16(14,15)3-2-9-8(13)10-4-6(5-10)7(11)12/h6H,2-5H2,1H3,(H,9,13)(H,11,12). The van der Waals surface area contributed by atoms with E-state index < -0.39 is 27.8 Å². The second-order valence-corrected chi connectivity index (χ2v) is 6.06. The smallest absolute Gasteiger partial charge is 0.317 e. The lowest BCUT2D eigenvalue weighted by Crippen LogP contribution is -2.56. The van der Waals surface area contributed by atoms with Crippen molar-refractivity contribution in [1.82, 2.24) is 10.2 Å². The highest BCUT2D eigenvalue weighted by Crippen LogP contribution is 2.14. The van der Waals surface area contributed by atoms with Crippen LogP contribution < -0.4 is 5.32 Å². The van der Waals surface area contributed by atoms with E-state index in [9.17, 15) is 18.0 Å². The molecule has 0 spiro atoms. The minimum Gasteiger partial charge on any atom is -0.481 e. The largest absolute Gasteiger partial charge is 0.481 e. The van der Waals surface area contributed by atoms with Gasteiger partial charge in [-0.25, -0.2) is 13.2 Å². The fourth-order valence-electron chi connectivity index (χ4n) is 1.26. The Morgan fingerprint density at radius 3 is 2.44 bits per heavy atom. The number of urea groups is 1. The summed E-state index contributed by atoms with van der Waals surface area (Å²) in [5, 5.41) is 11.0. The van der Waals surface area contributed by atoms with Crippen molar-refractivity contribution in [3.63, 3.8) is 0 Å². The Labute approximate surface area is 93.3 Å². The summed E-state index contributed by atoms with van der Waals surface area (Å²) in [5.41, 5.74) is 0. The van der Waals surface area contributed by atoms with E-state index in [0.29, 0.717) is 0 Å². The van der Waals surface area contributed by atoms with E-state index in [1.54, 1.807) is 0 Å². The van der Waals surface area contributed by atoms with E-state index in [1.807, 2.05) is 0 Å². The van der Waals surface area contributed by atoms with E-state index in [2.05, 4.69) is 5.32 Å². The molecule has 8 heteroatoms. The Balaban J connectivity index is 2.21. The van der Waals surface area contributed by atoms with Crippen LogP contribution >= 0.6 is 0 Å². The molecule has 92 valence electrons. The van der Waals surface area contributed by atoms with Crippen LogP contribution in [0.5, 0.6) is 0 Å². The van der Waals surface area contributed by atoms with Gasteiger partial charge in [0.15, 0.2) is 0 Å². The highest BCUT2D eigenvalue weighted by atomic mass is 32.2. The van der Waals surface area contributed by atoms with Gasteiger partial charge in [-0.2, -0.15) is 0 Å². The molecule has 0 aliphatic carbocycles. The van der Waals surface area contributed by atoms with Crippen molar-refractivity contribution in [2.24, 2.45) is 5.92 Å². The third-order valence-corrected chi connectivity index (χ3v) is 3.21. The van der Waals surface area contributed by atoms with Crippen LogP contribution in [0.3, 0.4) is 0 Å². The number of rotatable bonds is 4. The van der Waals surface area contributed by atoms with Gasteiger partial charge >= 0.3 is 12.0 Å². The van der Waals surface area contributed by atoms with Crippen molar-refractivity contribution >= 4 is 21.8 Å². The molecule has 7 nitrogen and oxygen atoms in total. The number of likely N-dealkylation sites (tertiary alicyclic amines) is 1. The summed E-state index contributed by atoms with van der Waals surface area (Å²) in [6.45, 7) is 0.409. The summed E-state index contributed by atoms with van der Waals surface area (Å²) >= 11 is 0. The number of hydrogen-bond acceptors (Lipinski definition) is 4. The second kappa shape index (κ2) is 4.69. The molecule has 0 radical (unpaired) electrons. The van der Waals surface area contributed by atoms with Crippen LogP contribution in [0.15, 0.2) is 0 Å². The SMILES string of the molecule is CS(=O)(=O)CCNC(=O)N1CC(C(=O)O)C1. The van der Waals surface area contributed by atoms with Crippen LogP contribution in [-0.2, 0) is 14.6 Å². The first kappa shape index (κ1) is 12.8. The van der Waals surface area contributed by atoms with Crippen molar-refractivity contribution in [3.05, 3.63) is 0 Å². The fraction of sp³-hybridized carbons (Fsp3) is 0.750. The van der Waals surface area contributed by atoms with E-state index in [0.717, 1.165) is 6.26 Å². The molecular formula is C8H14N2O5S. The van der Waals surface area contributed by atoms with Crippen molar-refractivity contribution in [2.45, 2.75) is 0 Å². The Bertz CT molecular complexity index is 385. The van der Waals surface area contributed by atoms with Crippen LogP contribution in [0.25, 0.3) is 0 Å². The number of carbonyl (C=O) groups excluding carboxylic acids is 1. The van der Waals surface area contributed by atoms with Gasteiger partial charge in [0.1, 0.15) is 9.84 Å². The van der Waals surface area contributed by atoms with Gasteiger partial charge in [0.25, 0.3) is 0 Å². The average Bonchev–Trinajstić information content (AvgIpc) is 1.97. The number of aliphatic carboxylic acids is 1.